The van der Waals surface area contributed by atoms with Crippen LogP contribution in [-0.4, -0.2) is 12.2 Å². The molecule has 0 spiro atoms. The van der Waals surface area contributed by atoms with E-state index in [0.29, 0.717) is 12.2 Å². The van der Waals surface area contributed by atoms with Crippen molar-refractivity contribution in [1.29, 1.82) is 5.26 Å². The van der Waals surface area contributed by atoms with Crippen LogP contribution in [0.3, 0.4) is 0 Å². The summed E-state index contributed by atoms with van der Waals surface area (Å²) in [5, 5.41) is 9.46. The molecule has 5 aliphatic carbocycles. The summed E-state index contributed by atoms with van der Waals surface area (Å²) < 4.78 is 6.14. The molecular weight excluding hydrogens is 174 g/mol. The first-order valence-electron chi connectivity index (χ1n) is 5.96. The van der Waals surface area contributed by atoms with Gasteiger partial charge in [-0.05, 0) is 47.8 Å². The van der Waals surface area contributed by atoms with Crippen LogP contribution in [0.2, 0.25) is 0 Å². The highest BCUT2D eigenvalue weighted by molar-refractivity contribution is 5.46. The Morgan fingerprint density at radius 3 is 2.86 bits per heavy atom. The van der Waals surface area contributed by atoms with E-state index in [9.17, 15) is 5.26 Å². The fourth-order valence-electron chi connectivity index (χ4n) is 7.06. The summed E-state index contributed by atoms with van der Waals surface area (Å²) in [5.74, 6) is 5.74. The van der Waals surface area contributed by atoms with Gasteiger partial charge in [-0.25, -0.2) is 0 Å². The van der Waals surface area contributed by atoms with E-state index in [2.05, 4.69) is 6.07 Å². The normalized spacial score (nSPS) is 86.9. The van der Waals surface area contributed by atoms with Crippen LogP contribution >= 0.6 is 0 Å². The third kappa shape index (κ3) is 0.283. The molecule has 14 heavy (non-hydrogen) atoms. The zero-order chi connectivity index (χ0) is 8.82. The number of nitriles is 1. The Labute approximate surface area is 82.2 Å². The molecule has 6 aliphatic rings. The first-order valence-corrected chi connectivity index (χ1v) is 5.96. The second kappa shape index (κ2) is 1.30. The largest absolute Gasteiger partial charge is 0.374 e. The predicted molar refractivity (Wildman–Crippen MR) is 45.8 cm³/mol. The van der Waals surface area contributed by atoms with Gasteiger partial charge in [0, 0.05) is 0 Å². The smallest absolute Gasteiger partial charge is 0.0699 e. The van der Waals surface area contributed by atoms with Crippen LogP contribution in [0.4, 0.5) is 0 Å². The lowest BCUT2D eigenvalue weighted by Gasteiger charge is -2.31. The molecule has 6 rings (SSSR count). The maximum Gasteiger partial charge on any atom is 0.0699 e. The molecule has 10 unspecified atom stereocenters. The van der Waals surface area contributed by atoms with E-state index in [-0.39, 0.29) is 5.41 Å². The van der Waals surface area contributed by atoms with E-state index in [0.717, 1.165) is 41.4 Å². The molecule has 0 aromatic heterocycles. The number of hydrogen-bond donors (Lipinski definition) is 0. The summed E-state index contributed by atoms with van der Waals surface area (Å²) in [6, 6.07) is 2.72. The van der Waals surface area contributed by atoms with E-state index in [4.69, 9.17) is 4.74 Å². The Kier molecular flexibility index (Phi) is 0.568. The Morgan fingerprint density at radius 2 is 2.00 bits per heavy atom. The molecule has 10 atom stereocenters. The molecular formula is C12H11NO. The quantitative estimate of drug-likeness (QED) is 0.565. The van der Waals surface area contributed by atoms with Crippen molar-refractivity contribution in [3.63, 3.8) is 0 Å². The fraction of sp³-hybridized carbons (Fsp3) is 0.917. The first kappa shape index (κ1) is 6.12. The molecule has 6 fully saturated rings. The highest BCUT2D eigenvalue weighted by atomic mass is 16.5. The summed E-state index contributed by atoms with van der Waals surface area (Å²) in [6.07, 6.45) is 2.49. The maximum absolute atomic E-state index is 9.46. The third-order valence-electron chi connectivity index (χ3n) is 6.79. The minimum Gasteiger partial charge on any atom is -0.374 e. The lowest BCUT2D eigenvalue weighted by atomic mass is 9.76. The van der Waals surface area contributed by atoms with Crippen LogP contribution in [0, 0.1) is 58.2 Å². The summed E-state index contributed by atoms with van der Waals surface area (Å²) in [7, 11) is 0. The van der Waals surface area contributed by atoms with Gasteiger partial charge in [0.25, 0.3) is 0 Å². The van der Waals surface area contributed by atoms with Gasteiger partial charge in [-0.1, -0.05) is 0 Å². The van der Waals surface area contributed by atoms with Crippen LogP contribution in [-0.2, 0) is 4.74 Å². The van der Waals surface area contributed by atoms with Crippen molar-refractivity contribution in [2.24, 2.45) is 46.8 Å². The Balaban J connectivity index is 1.76. The zero-order valence-electron chi connectivity index (χ0n) is 7.76. The van der Waals surface area contributed by atoms with Gasteiger partial charge in [-0.15, -0.1) is 0 Å². The van der Waals surface area contributed by atoms with Crippen LogP contribution < -0.4 is 0 Å². The summed E-state index contributed by atoms with van der Waals surface area (Å²) in [5.41, 5.74) is 0.194. The molecule has 0 aromatic rings. The number of rotatable bonds is 0. The molecule has 0 bridgehead atoms. The number of nitrogens with zero attached hydrogens (tertiary/aromatic N) is 1. The molecule has 2 nitrogen and oxygen atoms in total. The minimum atomic E-state index is 0.194. The van der Waals surface area contributed by atoms with Gasteiger partial charge < -0.3 is 4.74 Å². The summed E-state index contributed by atoms with van der Waals surface area (Å²) in [4.78, 5) is 0. The minimum absolute atomic E-state index is 0.194. The topological polar surface area (TPSA) is 33.0 Å². The van der Waals surface area contributed by atoms with E-state index >= 15 is 0 Å². The van der Waals surface area contributed by atoms with E-state index in [1.807, 2.05) is 0 Å². The number of ether oxygens (including phenoxy) is 1. The van der Waals surface area contributed by atoms with Gasteiger partial charge in [0.1, 0.15) is 0 Å². The van der Waals surface area contributed by atoms with Gasteiger partial charge in [-0.2, -0.15) is 5.26 Å². The summed E-state index contributed by atoms with van der Waals surface area (Å²) in [6.45, 7) is 0. The number of fused-ring (bicyclic) bond motifs is 2. The lowest BCUT2D eigenvalue weighted by molar-refractivity contribution is -0.0448. The van der Waals surface area contributed by atoms with Crippen molar-refractivity contribution in [2.45, 2.75) is 18.6 Å². The number of hydrogen-bond acceptors (Lipinski definition) is 2. The SMILES string of the molecule is N#CC12C3C4CC5OC6C4C1C2C6C53. The highest BCUT2D eigenvalue weighted by Gasteiger charge is 2.96. The van der Waals surface area contributed by atoms with Gasteiger partial charge >= 0.3 is 0 Å². The van der Waals surface area contributed by atoms with Crippen molar-refractivity contribution < 1.29 is 4.74 Å². The van der Waals surface area contributed by atoms with Crippen LogP contribution in [0.5, 0.6) is 0 Å². The standard InChI is InChI=1S/C12H11NO/c13-2-12-8-3-1-4-6(8)7-10(12)9(12)5(3)11(7)14-4/h3-11H,1H2. The molecule has 1 heterocycles. The first-order chi connectivity index (χ1) is 6.89. The average Bonchev–Trinajstić information content (AvgIpc) is 2.54. The van der Waals surface area contributed by atoms with Gasteiger partial charge in [-0.3, -0.25) is 0 Å². The molecule has 5 saturated carbocycles. The van der Waals surface area contributed by atoms with Crippen molar-refractivity contribution in [1.82, 2.24) is 0 Å². The van der Waals surface area contributed by atoms with E-state index in [1.165, 1.54) is 6.42 Å². The summed E-state index contributed by atoms with van der Waals surface area (Å²) >= 11 is 0. The Bertz CT molecular complexity index is 426. The molecule has 2 heteroatoms. The zero-order valence-corrected chi connectivity index (χ0v) is 7.76. The second-order valence-corrected chi connectivity index (χ2v) is 6.39. The molecule has 0 aromatic carbocycles. The van der Waals surface area contributed by atoms with E-state index < -0.39 is 0 Å². The van der Waals surface area contributed by atoms with Crippen LogP contribution in [0.1, 0.15) is 6.42 Å². The van der Waals surface area contributed by atoms with Crippen LogP contribution in [0.15, 0.2) is 0 Å². The van der Waals surface area contributed by atoms with Crippen molar-refractivity contribution in [3.05, 3.63) is 0 Å². The molecule has 1 aliphatic heterocycles. The van der Waals surface area contributed by atoms with Crippen molar-refractivity contribution >= 4 is 0 Å². The Morgan fingerprint density at radius 1 is 1.14 bits per heavy atom. The van der Waals surface area contributed by atoms with Gasteiger partial charge in [0.2, 0.25) is 0 Å². The average molecular weight is 185 g/mol. The molecule has 0 amide bonds. The lowest BCUT2D eigenvalue weighted by Crippen LogP contribution is -2.33. The van der Waals surface area contributed by atoms with Crippen LogP contribution in [0.25, 0.3) is 0 Å². The second-order valence-electron chi connectivity index (χ2n) is 6.39. The fourth-order valence-corrected chi connectivity index (χ4v) is 7.06. The monoisotopic (exact) mass is 185 g/mol. The molecule has 0 radical (unpaired) electrons. The molecule has 1 saturated heterocycles. The maximum atomic E-state index is 9.46. The highest BCUT2D eigenvalue weighted by Crippen LogP contribution is 2.94. The van der Waals surface area contributed by atoms with E-state index in [1.54, 1.807) is 0 Å². The third-order valence-corrected chi connectivity index (χ3v) is 6.79. The van der Waals surface area contributed by atoms with Crippen molar-refractivity contribution in [2.75, 3.05) is 0 Å². The molecule has 70 valence electrons. The predicted octanol–water partition coefficient (Wildman–Crippen LogP) is 1.04. The van der Waals surface area contributed by atoms with Gasteiger partial charge in [0.05, 0.1) is 23.7 Å². The van der Waals surface area contributed by atoms with Crippen molar-refractivity contribution in [3.8, 4) is 6.07 Å². The van der Waals surface area contributed by atoms with Gasteiger partial charge in [0.15, 0.2) is 0 Å². The Hall–Kier alpha value is -0.550. The molecule has 0 N–H and O–H groups in total.